The SMILES string of the molecule is Nc1ccccc1S(=O)(=O)OS(=O)(=O)c1ccccc1N. The van der Waals surface area contributed by atoms with Crippen LogP contribution in [0.2, 0.25) is 0 Å². The van der Waals surface area contributed by atoms with Gasteiger partial charge >= 0.3 is 20.2 Å². The van der Waals surface area contributed by atoms with Crippen molar-refractivity contribution >= 4 is 31.6 Å². The lowest BCUT2D eigenvalue weighted by Crippen LogP contribution is -2.16. The van der Waals surface area contributed by atoms with E-state index in [0.717, 1.165) is 12.1 Å². The lowest BCUT2D eigenvalue weighted by atomic mass is 10.3. The molecule has 2 aromatic carbocycles. The lowest BCUT2D eigenvalue weighted by molar-refractivity contribution is 0.462. The van der Waals surface area contributed by atoms with Gasteiger partial charge in [-0.2, -0.15) is 16.8 Å². The molecule has 0 aliphatic heterocycles. The van der Waals surface area contributed by atoms with E-state index in [0.29, 0.717) is 0 Å². The standard InChI is InChI=1S/C12H12N2O5S2/c13-9-5-1-3-7-11(9)20(15,16)19-21(17,18)12-8-4-2-6-10(12)14/h1-8H,13-14H2. The van der Waals surface area contributed by atoms with Crippen LogP contribution in [0.15, 0.2) is 58.3 Å². The van der Waals surface area contributed by atoms with E-state index < -0.39 is 30.0 Å². The molecule has 0 unspecified atom stereocenters. The zero-order valence-electron chi connectivity index (χ0n) is 10.6. The van der Waals surface area contributed by atoms with Gasteiger partial charge in [-0.3, -0.25) is 0 Å². The number of hydrogen-bond donors (Lipinski definition) is 2. The van der Waals surface area contributed by atoms with Gasteiger partial charge in [0.2, 0.25) is 0 Å². The minimum absolute atomic E-state index is 0.117. The van der Waals surface area contributed by atoms with Crippen LogP contribution in [-0.4, -0.2) is 16.8 Å². The molecule has 0 spiro atoms. The Morgan fingerprint density at radius 1 is 0.667 bits per heavy atom. The van der Waals surface area contributed by atoms with Crippen molar-refractivity contribution in [3.05, 3.63) is 48.5 Å². The van der Waals surface area contributed by atoms with Gasteiger partial charge in [0.15, 0.2) is 0 Å². The highest BCUT2D eigenvalue weighted by Gasteiger charge is 2.29. The number of rotatable bonds is 4. The third-order valence-corrected chi connectivity index (χ3v) is 5.81. The number of anilines is 2. The molecule has 0 saturated heterocycles. The van der Waals surface area contributed by atoms with Crippen LogP contribution in [-0.2, 0) is 23.9 Å². The first-order valence-electron chi connectivity index (χ1n) is 5.64. The van der Waals surface area contributed by atoms with Crippen LogP contribution < -0.4 is 11.5 Å². The molecule has 2 rings (SSSR count). The maximum Gasteiger partial charge on any atom is 0.313 e. The van der Waals surface area contributed by atoms with Crippen LogP contribution in [0.4, 0.5) is 11.4 Å². The molecular formula is C12H12N2O5S2. The average Bonchev–Trinajstić information content (AvgIpc) is 2.38. The minimum atomic E-state index is -4.58. The van der Waals surface area contributed by atoms with Crippen LogP contribution in [0, 0.1) is 0 Å². The Kier molecular flexibility index (Phi) is 3.90. The molecule has 0 fully saturated rings. The monoisotopic (exact) mass is 328 g/mol. The number of nitrogen functional groups attached to an aromatic ring is 2. The van der Waals surface area contributed by atoms with Crippen molar-refractivity contribution < 1.29 is 20.5 Å². The van der Waals surface area contributed by atoms with Crippen LogP contribution in [0.5, 0.6) is 0 Å². The predicted octanol–water partition coefficient (Wildman–Crippen LogP) is 0.945. The van der Waals surface area contributed by atoms with Gasteiger partial charge in [0, 0.05) is 0 Å². The van der Waals surface area contributed by atoms with Crippen molar-refractivity contribution in [1.29, 1.82) is 0 Å². The summed E-state index contributed by atoms with van der Waals surface area (Å²) in [5.41, 5.74) is 10.8. The van der Waals surface area contributed by atoms with E-state index in [-0.39, 0.29) is 11.4 Å². The van der Waals surface area contributed by atoms with Crippen LogP contribution in [0.25, 0.3) is 0 Å². The highest BCUT2D eigenvalue weighted by Crippen LogP contribution is 2.26. The summed E-state index contributed by atoms with van der Waals surface area (Å²) in [5, 5.41) is 0. The summed E-state index contributed by atoms with van der Waals surface area (Å²) >= 11 is 0. The van der Waals surface area contributed by atoms with Gasteiger partial charge in [-0.25, -0.2) is 0 Å². The molecule has 0 atom stereocenters. The maximum atomic E-state index is 12.0. The summed E-state index contributed by atoms with van der Waals surface area (Å²) < 4.78 is 52.5. The van der Waals surface area contributed by atoms with Gasteiger partial charge in [-0.1, -0.05) is 24.3 Å². The van der Waals surface area contributed by atoms with Gasteiger partial charge in [0.1, 0.15) is 9.79 Å². The van der Waals surface area contributed by atoms with Crippen molar-refractivity contribution in [2.75, 3.05) is 11.5 Å². The molecule has 7 nitrogen and oxygen atoms in total. The molecule has 9 heteroatoms. The van der Waals surface area contributed by atoms with E-state index in [1.807, 2.05) is 0 Å². The third-order valence-electron chi connectivity index (χ3n) is 2.56. The topological polar surface area (TPSA) is 130 Å². The van der Waals surface area contributed by atoms with Gasteiger partial charge in [0.05, 0.1) is 11.4 Å². The third kappa shape index (κ3) is 3.15. The van der Waals surface area contributed by atoms with E-state index in [9.17, 15) is 16.8 Å². The summed E-state index contributed by atoms with van der Waals surface area (Å²) in [6.45, 7) is 0. The second kappa shape index (κ2) is 5.35. The largest absolute Gasteiger partial charge is 0.398 e. The fourth-order valence-corrected chi connectivity index (χ4v) is 4.34. The summed E-state index contributed by atoms with van der Waals surface area (Å²) in [6, 6.07) is 10.8. The minimum Gasteiger partial charge on any atom is -0.398 e. The predicted molar refractivity (Wildman–Crippen MR) is 77.2 cm³/mol. The van der Waals surface area contributed by atoms with E-state index in [1.54, 1.807) is 0 Å². The van der Waals surface area contributed by atoms with Crippen molar-refractivity contribution in [2.45, 2.75) is 9.79 Å². The molecule has 2 aromatic rings. The second-order valence-electron chi connectivity index (χ2n) is 4.05. The summed E-state index contributed by atoms with van der Waals surface area (Å²) in [6.07, 6.45) is 0. The molecule has 0 heterocycles. The molecule has 0 aliphatic carbocycles. The van der Waals surface area contributed by atoms with Crippen molar-refractivity contribution in [3.63, 3.8) is 0 Å². The van der Waals surface area contributed by atoms with Crippen molar-refractivity contribution in [1.82, 2.24) is 0 Å². The number of benzene rings is 2. The second-order valence-corrected chi connectivity index (χ2v) is 7.29. The average molecular weight is 328 g/mol. The molecule has 21 heavy (non-hydrogen) atoms. The van der Waals surface area contributed by atoms with E-state index in [4.69, 9.17) is 11.5 Å². The van der Waals surface area contributed by atoms with Gasteiger partial charge in [-0.15, -0.1) is 3.63 Å². The van der Waals surface area contributed by atoms with Crippen LogP contribution in [0.1, 0.15) is 0 Å². The summed E-state index contributed by atoms with van der Waals surface area (Å²) in [7, 11) is -9.16. The zero-order valence-corrected chi connectivity index (χ0v) is 12.3. The summed E-state index contributed by atoms with van der Waals surface area (Å²) in [4.78, 5) is -0.855. The highest BCUT2D eigenvalue weighted by atomic mass is 32.3. The van der Waals surface area contributed by atoms with Crippen molar-refractivity contribution in [3.8, 4) is 0 Å². The molecule has 0 amide bonds. The quantitative estimate of drug-likeness (QED) is 0.799. The molecule has 112 valence electrons. The fourth-order valence-electron chi connectivity index (χ4n) is 1.61. The Balaban J connectivity index is 2.46. The summed E-state index contributed by atoms with van der Waals surface area (Å²) in [5.74, 6) is 0. The molecule has 0 bridgehead atoms. The first-order chi connectivity index (χ1) is 9.74. The Morgan fingerprint density at radius 2 is 1.00 bits per heavy atom. The number of hydrogen-bond acceptors (Lipinski definition) is 7. The molecule has 0 aliphatic rings. The first kappa shape index (κ1) is 15.3. The fraction of sp³-hybridized carbons (Fsp3) is 0. The normalized spacial score (nSPS) is 12.2. The van der Waals surface area contributed by atoms with E-state index in [2.05, 4.69) is 3.63 Å². The number of nitrogens with two attached hydrogens (primary N) is 2. The molecule has 4 N–H and O–H groups in total. The number of para-hydroxylation sites is 2. The Bertz CT molecular complexity index is 803. The van der Waals surface area contributed by atoms with Gasteiger partial charge < -0.3 is 11.5 Å². The Labute approximate surface area is 122 Å². The zero-order chi connectivity index (χ0) is 15.7. The highest BCUT2D eigenvalue weighted by molar-refractivity contribution is 8.00. The van der Waals surface area contributed by atoms with E-state index in [1.165, 1.54) is 36.4 Å². The Hall–Kier alpha value is -2.10. The lowest BCUT2D eigenvalue weighted by Gasteiger charge is -2.09. The Morgan fingerprint density at radius 3 is 1.33 bits per heavy atom. The maximum absolute atomic E-state index is 12.0. The molecule has 0 saturated carbocycles. The molecule has 0 aromatic heterocycles. The molecule has 0 radical (unpaired) electrons. The van der Waals surface area contributed by atoms with Gasteiger partial charge in [0.25, 0.3) is 0 Å². The first-order valence-corrected chi connectivity index (χ1v) is 8.46. The van der Waals surface area contributed by atoms with Crippen LogP contribution >= 0.6 is 0 Å². The molecular weight excluding hydrogens is 316 g/mol. The van der Waals surface area contributed by atoms with Crippen LogP contribution in [0.3, 0.4) is 0 Å². The van der Waals surface area contributed by atoms with Crippen molar-refractivity contribution in [2.24, 2.45) is 0 Å². The van der Waals surface area contributed by atoms with Gasteiger partial charge in [-0.05, 0) is 24.3 Å². The smallest absolute Gasteiger partial charge is 0.313 e. The van der Waals surface area contributed by atoms with E-state index >= 15 is 0 Å².